The first-order valence-electron chi connectivity index (χ1n) is 7.94. The fourth-order valence-corrected chi connectivity index (χ4v) is 2.68. The van der Waals surface area contributed by atoms with Crippen molar-refractivity contribution < 1.29 is 29.3 Å². The van der Waals surface area contributed by atoms with Crippen LogP contribution in [0.4, 0.5) is 4.79 Å². The van der Waals surface area contributed by atoms with E-state index in [1.165, 1.54) is 6.92 Å². The molecule has 1 amide bonds. The molecule has 1 heterocycles. The molecule has 4 N–H and O–H groups in total. The maximum atomic E-state index is 11.9. The van der Waals surface area contributed by atoms with Crippen LogP contribution in [-0.4, -0.2) is 39.3 Å². The zero-order valence-electron chi connectivity index (χ0n) is 14.4. The minimum absolute atomic E-state index is 0.0358. The molecule has 0 aliphatic heterocycles. The molecule has 138 valence electrons. The number of amides is 1. The molecule has 1 atom stereocenters. The molecular weight excluding hydrogens is 340 g/mol. The zero-order valence-corrected chi connectivity index (χ0v) is 14.4. The summed E-state index contributed by atoms with van der Waals surface area (Å²) in [6.07, 6.45) is -0.629. The number of aromatic nitrogens is 1. The molecule has 0 fully saturated rings. The molecule has 1 unspecified atom stereocenters. The fraction of sp³-hybridized carbons (Fsp3) is 0.278. The van der Waals surface area contributed by atoms with Crippen LogP contribution in [0.3, 0.4) is 0 Å². The number of benzene rings is 1. The normalized spacial score (nSPS) is 11.6. The van der Waals surface area contributed by atoms with Gasteiger partial charge in [0.05, 0.1) is 5.56 Å². The smallest absolute Gasteiger partial charge is 0.407 e. The van der Waals surface area contributed by atoms with Crippen molar-refractivity contribution in [2.75, 3.05) is 0 Å². The topological polar surface area (TPSA) is 129 Å². The fourth-order valence-electron chi connectivity index (χ4n) is 2.68. The van der Waals surface area contributed by atoms with Crippen LogP contribution in [0.15, 0.2) is 30.3 Å². The number of H-pyrrole nitrogens is 1. The number of hydrogen-bond donors (Lipinski definition) is 4. The van der Waals surface area contributed by atoms with Gasteiger partial charge in [-0.1, -0.05) is 30.3 Å². The molecule has 0 saturated carbocycles. The van der Waals surface area contributed by atoms with E-state index in [-0.39, 0.29) is 35.5 Å². The van der Waals surface area contributed by atoms with E-state index in [9.17, 15) is 24.6 Å². The van der Waals surface area contributed by atoms with E-state index < -0.39 is 24.1 Å². The van der Waals surface area contributed by atoms with Gasteiger partial charge in [0, 0.05) is 17.3 Å². The largest absolute Gasteiger partial charge is 0.478 e. The highest BCUT2D eigenvalue weighted by Crippen LogP contribution is 2.21. The number of carboxylic acids is 2. The van der Waals surface area contributed by atoms with E-state index >= 15 is 0 Å². The maximum Gasteiger partial charge on any atom is 0.407 e. The lowest BCUT2D eigenvalue weighted by molar-refractivity contribution is 0.0687. The van der Waals surface area contributed by atoms with Gasteiger partial charge in [-0.05, 0) is 25.8 Å². The molecule has 0 aliphatic rings. The number of carbonyl (C=O) groups is 3. The van der Waals surface area contributed by atoms with Crippen molar-refractivity contribution >= 4 is 18.0 Å². The molecular formula is C18H20N2O6. The van der Waals surface area contributed by atoms with Crippen molar-refractivity contribution in [1.82, 2.24) is 10.3 Å². The highest BCUT2D eigenvalue weighted by Gasteiger charge is 2.25. The Hall–Kier alpha value is -3.29. The van der Waals surface area contributed by atoms with E-state index in [1.807, 2.05) is 30.3 Å². The van der Waals surface area contributed by atoms with Gasteiger partial charge in [-0.3, -0.25) is 0 Å². The summed E-state index contributed by atoms with van der Waals surface area (Å²) in [5.74, 6) is -2.48. The van der Waals surface area contributed by atoms with Crippen molar-refractivity contribution in [2.24, 2.45) is 0 Å². The van der Waals surface area contributed by atoms with Gasteiger partial charge < -0.3 is 25.3 Å². The molecule has 2 aromatic rings. The number of nitrogens with one attached hydrogen (secondary N) is 2. The predicted octanol–water partition coefficient (Wildman–Crippen LogP) is 2.58. The van der Waals surface area contributed by atoms with Crippen molar-refractivity contribution in [3.8, 4) is 0 Å². The molecule has 1 aromatic heterocycles. The van der Waals surface area contributed by atoms with Crippen LogP contribution in [0.1, 0.15) is 44.6 Å². The first kappa shape index (κ1) is 19.0. The van der Waals surface area contributed by atoms with Crippen LogP contribution in [0.2, 0.25) is 0 Å². The van der Waals surface area contributed by atoms with Crippen molar-refractivity contribution in [3.05, 3.63) is 58.4 Å². The van der Waals surface area contributed by atoms with Crippen LogP contribution in [0, 0.1) is 6.92 Å². The summed E-state index contributed by atoms with van der Waals surface area (Å²) in [7, 11) is 0. The highest BCUT2D eigenvalue weighted by atomic mass is 16.5. The number of aryl methyl sites for hydroxylation is 1. The maximum absolute atomic E-state index is 11.9. The molecule has 8 heteroatoms. The van der Waals surface area contributed by atoms with Gasteiger partial charge in [-0.2, -0.15) is 0 Å². The third kappa shape index (κ3) is 4.62. The number of carboxylic acid groups (broad SMARTS) is 2. The standard InChI is InChI=1S/C18H20N2O6/c1-10(19-18(25)26-9-12-6-4-3-5-7-12)8-13-14(16(21)22)11(2)20-15(13)17(23)24/h3-7,10,20H,8-9H2,1-2H3,(H,19,25)(H,21,22)(H,23,24). The van der Waals surface area contributed by atoms with Crippen LogP contribution in [0.5, 0.6) is 0 Å². The Balaban J connectivity index is 2.03. The SMILES string of the molecule is Cc1[nH]c(C(=O)O)c(CC(C)NC(=O)OCc2ccccc2)c1C(=O)O. The van der Waals surface area contributed by atoms with E-state index in [1.54, 1.807) is 6.92 Å². The first-order chi connectivity index (χ1) is 12.3. The van der Waals surface area contributed by atoms with Gasteiger partial charge in [0.25, 0.3) is 0 Å². The third-order valence-corrected chi connectivity index (χ3v) is 3.81. The van der Waals surface area contributed by atoms with Gasteiger partial charge in [0.2, 0.25) is 0 Å². The molecule has 26 heavy (non-hydrogen) atoms. The quantitative estimate of drug-likeness (QED) is 0.601. The van der Waals surface area contributed by atoms with E-state index in [0.29, 0.717) is 0 Å². The monoisotopic (exact) mass is 360 g/mol. The van der Waals surface area contributed by atoms with E-state index in [4.69, 9.17) is 4.74 Å². The van der Waals surface area contributed by atoms with Crippen LogP contribution in [0.25, 0.3) is 0 Å². The average Bonchev–Trinajstić information content (AvgIpc) is 2.90. The lowest BCUT2D eigenvalue weighted by Crippen LogP contribution is -2.35. The number of aromatic amines is 1. The molecule has 1 aromatic carbocycles. The molecule has 0 saturated heterocycles. The highest BCUT2D eigenvalue weighted by molar-refractivity contribution is 5.97. The molecule has 0 bridgehead atoms. The van der Waals surface area contributed by atoms with Crippen molar-refractivity contribution in [3.63, 3.8) is 0 Å². The van der Waals surface area contributed by atoms with E-state index in [0.717, 1.165) is 5.56 Å². The predicted molar refractivity (Wildman–Crippen MR) is 92.4 cm³/mol. The van der Waals surface area contributed by atoms with Crippen LogP contribution in [-0.2, 0) is 17.8 Å². The lowest BCUT2D eigenvalue weighted by atomic mass is 10.0. The summed E-state index contributed by atoms with van der Waals surface area (Å²) in [5, 5.41) is 21.2. The zero-order chi connectivity index (χ0) is 19.3. The van der Waals surface area contributed by atoms with Crippen molar-refractivity contribution in [2.45, 2.75) is 32.9 Å². The van der Waals surface area contributed by atoms with Gasteiger partial charge in [-0.15, -0.1) is 0 Å². The second kappa shape index (κ2) is 8.19. The number of alkyl carbamates (subject to hydrolysis) is 1. The summed E-state index contributed by atoms with van der Waals surface area (Å²) in [4.78, 5) is 37.2. The van der Waals surface area contributed by atoms with Crippen LogP contribution < -0.4 is 5.32 Å². The van der Waals surface area contributed by atoms with Gasteiger partial charge in [0.1, 0.15) is 12.3 Å². The number of rotatable bonds is 7. The minimum Gasteiger partial charge on any atom is -0.478 e. The number of ether oxygens (including phenoxy) is 1. The van der Waals surface area contributed by atoms with Gasteiger partial charge in [0.15, 0.2) is 0 Å². The van der Waals surface area contributed by atoms with Crippen molar-refractivity contribution in [1.29, 1.82) is 0 Å². The molecule has 2 rings (SSSR count). The Morgan fingerprint density at radius 2 is 1.81 bits per heavy atom. The molecule has 8 nitrogen and oxygen atoms in total. The Bertz CT molecular complexity index is 813. The molecule has 0 spiro atoms. The lowest BCUT2D eigenvalue weighted by Gasteiger charge is -2.14. The number of aromatic carboxylic acids is 2. The Labute approximate surface area is 149 Å². The summed E-state index contributed by atoms with van der Waals surface area (Å²) in [6.45, 7) is 3.23. The third-order valence-electron chi connectivity index (χ3n) is 3.81. The number of carbonyl (C=O) groups excluding carboxylic acids is 1. The molecule has 0 aliphatic carbocycles. The second-order valence-corrected chi connectivity index (χ2v) is 5.90. The number of hydrogen-bond acceptors (Lipinski definition) is 4. The Morgan fingerprint density at radius 3 is 2.38 bits per heavy atom. The minimum atomic E-state index is -1.26. The second-order valence-electron chi connectivity index (χ2n) is 5.90. The van der Waals surface area contributed by atoms with Crippen LogP contribution >= 0.6 is 0 Å². The Morgan fingerprint density at radius 1 is 1.15 bits per heavy atom. The molecule has 0 radical (unpaired) electrons. The summed E-state index contributed by atoms with van der Waals surface area (Å²) in [5.41, 5.74) is 0.944. The van der Waals surface area contributed by atoms with Gasteiger partial charge in [-0.25, -0.2) is 14.4 Å². The van der Waals surface area contributed by atoms with Gasteiger partial charge >= 0.3 is 18.0 Å². The first-order valence-corrected chi connectivity index (χ1v) is 7.94. The summed E-state index contributed by atoms with van der Waals surface area (Å²) < 4.78 is 5.11. The Kier molecular flexibility index (Phi) is 6.00. The summed E-state index contributed by atoms with van der Waals surface area (Å²) >= 11 is 0. The van der Waals surface area contributed by atoms with E-state index in [2.05, 4.69) is 10.3 Å². The average molecular weight is 360 g/mol. The summed E-state index contributed by atoms with van der Waals surface area (Å²) in [6, 6.07) is 8.62.